The standard InChI is InChI=1S/C10H15NO/c1-7-5-9(6-12-7)10(11-2)8-3-4-8/h5-6,8,10-11H,3-4H2,1-2H3. The van der Waals surface area contributed by atoms with Gasteiger partial charge in [-0.15, -0.1) is 0 Å². The monoisotopic (exact) mass is 165 g/mol. The average molecular weight is 165 g/mol. The quantitative estimate of drug-likeness (QED) is 0.743. The maximum absolute atomic E-state index is 5.29. The molecule has 0 radical (unpaired) electrons. The zero-order valence-electron chi connectivity index (χ0n) is 7.63. The molecular formula is C10H15NO. The molecule has 0 aliphatic heterocycles. The van der Waals surface area contributed by atoms with Crippen molar-refractivity contribution in [1.82, 2.24) is 5.32 Å². The molecule has 1 fully saturated rings. The Hall–Kier alpha value is -0.760. The van der Waals surface area contributed by atoms with Crippen molar-refractivity contribution in [2.75, 3.05) is 7.05 Å². The zero-order chi connectivity index (χ0) is 8.55. The van der Waals surface area contributed by atoms with Gasteiger partial charge in [0, 0.05) is 11.6 Å². The van der Waals surface area contributed by atoms with E-state index in [-0.39, 0.29) is 0 Å². The van der Waals surface area contributed by atoms with Crippen LogP contribution < -0.4 is 5.32 Å². The average Bonchev–Trinajstić information content (AvgIpc) is 2.78. The predicted molar refractivity (Wildman–Crippen MR) is 48.0 cm³/mol. The van der Waals surface area contributed by atoms with Crippen molar-refractivity contribution in [3.63, 3.8) is 0 Å². The van der Waals surface area contributed by atoms with Crippen LogP contribution in [0.2, 0.25) is 0 Å². The van der Waals surface area contributed by atoms with Crippen molar-refractivity contribution in [1.29, 1.82) is 0 Å². The van der Waals surface area contributed by atoms with Gasteiger partial charge < -0.3 is 9.73 Å². The van der Waals surface area contributed by atoms with Gasteiger partial charge in [0.05, 0.1) is 6.26 Å². The Labute approximate surface area is 73.0 Å². The summed E-state index contributed by atoms with van der Waals surface area (Å²) >= 11 is 0. The molecule has 1 N–H and O–H groups in total. The molecule has 2 heteroatoms. The molecule has 2 nitrogen and oxygen atoms in total. The van der Waals surface area contributed by atoms with Crippen LogP contribution in [0.15, 0.2) is 16.7 Å². The van der Waals surface area contributed by atoms with Crippen LogP contribution in [0.1, 0.15) is 30.2 Å². The molecule has 1 saturated carbocycles. The molecule has 0 spiro atoms. The predicted octanol–water partition coefficient (Wildman–Crippen LogP) is 2.26. The third-order valence-electron chi connectivity index (χ3n) is 2.51. The van der Waals surface area contributed by atoms with Crippen LogP contribution in [-0.2, 0) is 0 Å². The van der Waals surface area contributed by atoms with Crippen LogP contribution in [0.25, 0.3) is 0 Å². The van der Waals surface area contributed by atoms with Gasteiger partial charge in [0.15, 0.2) is 0 Å². The molecule has 1 aromatic rings. The molecular weight excluding hydrogens is 150 g/mol. The summed E-state index contributed by atoms with van der Waals surface area (Å²) in [6.45, 7) is 1.99. The first-order chi connectivity index (χ1) is 5.81. The van der Waals surface area contributed by atoms with Crippen molar-refractivity contribution >= 4 is 0 Å². The highest BCUT2D eigenvalue weighted by atomic mass is 16.3. The zero-order valence-corrected chi connectivity index (χ0v) is 7.63. The summed E-state index contributed by atoms with van der Waals surface area (Å²) in [6.07, 6.45) is 4.58. The molecule has 1 aliphatic rings. The fraction of sp³-hybridized carbons (Fsp3) is 0.600. The van der Waals surface area contributed by atoms with E-state index in [4.69, 9.17) is 4.42 Å². The third-order valence-corrected chi connectivity index (χ3v) is 2.51. The van der Waals surface area contributed by atoms with E-state index in [1.54, 1.807) is 0 Å². The Morgan fingerprint density at radius 1 is 1.58 bits per heavy atom. The normalized spacial score (nSPS) is 19.5. The summed E-state index contributed by atoms with van der Waals surface area (Å²) in [5.74, 6) is 1.85. The molecule has 1 atom stereocenters. The Kier molecular flexibility index (Phi) is 1.93. The van der Waals surface area contributed by atoms with E-state index in [0.717, 1.165) is 11.7 Å². The summed E-state index contributed by atoms with van der Waals surface area (Å²) in [6, 6.07) is 2.64. The molecule has 0 bridgehead atoms. The lowest BCUT2D eigenvalue weighted by molar-refractivity contribution is 0.501. The second-order valence-electron chi connectivity index (χ2n) is 3.59. The van der Waals surface area contributed by atoms with Crippen molar-refractivity contribution in [3.05, 3.63) is 23.7 Å². The highest BCUT2D eigenvalue weighted by molar-refractivity contribution is 5.18. The van der Waals surface area contributed by atoms with Crippen LogP contribution in [0, 0.1) is 12.8 Å². The second kappa shape index (κ2) is 2.94. The molecule has 12 heavy (non-hydrogen) atoms. The van der Waals surface area contributed by atoms with Gasteiger partial charge in [-0.25, -0.2) is 0 Å². The first-order valence-corrected chi connectivity index (χ1v) is 4.53. The fourth-order valence-corrected chi connectivity index (χ4v) is 1.73. The topological polar surface area (TPSA) is 25.2 Å². The number of nitrogens with one attached hydrogen (secondary N) is 1. The van der Waals surface area contributed by atoms with Crippen molar-refractivity contribution in [2.24, 2.45) is 5.92 Å². The summed E-state index contributed by atoms with van der Waals surface area (Å²) in [4.78, 5) is 0. The first kappa shape index (κ1) is 7.87. The Morgan fingerprint density at radius 2 is 2.33 bits per heavy atom. The van der Waals surface area contributed by atoms with Crippen LogP contribution in [-0.4, -0.2) is 7.05 Å². The van der Waals surface area contributed by atoms with Gasteiger partial charge in [-0.3, -0.25) is 0 Å². The minimum Gasteiger partial charge on any atom is -0.469 e. The molecule has 0 amide bonds. The van der Waals surface area contributed by atoms with Gasteiger partial charge in [-0.05, 0) is 38.8 Å². The minimum atomic E-state index is 0.516. The number of furan rings is 1. The van der Waals surface area contributed by atoms with Crippen molar-refractivity contribution < 1.29 is 4.42 Å². The number of aryl methyl sites for hydroxylation is 1. The Bertz CT molecular complexity index is 263. The largest absolute Gasteiger partial charge is 0.469 e. The summed E-state index contributed by atoms with van der Waals surface area (Å²) < 4.78 is 5.29. The fourth-order valence-electron chi connectivity index (χ4n) is 1.73. The van der Waals surface area contributed by atoms with E-state index in [9.17, 15) is 0 Å². The van der Waals surface area contributed by atoms with E-state index in [0.29, 0.717) is 6.04 Å². The lowest BCUT2D eigenvalue weighted by Crippen LogP contribution is -2.17. The van der Waals surface area contributed by atoms with Gasteiger partial charge in [0.25, 0.3) is 0 Å². The molecule has 1 aliphatic carbocycles. The molecule has 1 heterocycles. The highest BCUT2D eigenvalue weighted by Crippen LogP contribution is 2.41. The third kappa shape index (κ3) is 1.39. The van der Waals surface area contributed by atoms with E-state index in [2.05, 4.69) is 11.4 Å². The van der Waals surface area contributed by atoms with Crippen LogP contribution >= 0.6 is 0 Å². The molecule has 1 unspecified atom stereocenters. The van der Waals surface area contributed by atoms with Crippen LogP contribution in [0.4, 0.5) is 0 Å². The minimum absolute atomic E-state index is 0.516. The molecule has 2 rings (SSSR count). The van der Waals surface area contributed by atoms with Crippen molar-refractivity contribution in [3.8, 4) is 0 Å². The number of rotatable bonds is 3. The van der Waals surface area contributed by atoms with Crippen LogP contribution in [0.3, 0.4) is 0 Å². The highest BCUT2D eigenvalue weighted by Gasteiger charge is 2.31. The smallest absolute Gasteiger partial charge is 0.101 e. The Balaban J connectivity index is 2.15. The van der Waals surface area contributed by atoms with Gasteiger partial charge >= 0.3 is 0 Å². The van der Waals surface area contributed by atoms with Gasteiger partial charge in [0.1, 0.15) is 5.76 Å². The van der Waals surface area contributed by atoms with Crippen molar-refractivity contribution in [2.45, 2.75) is 25.8 Å². The molecule has 66 valence electrons. The van der Waals surface area contributed by atoms with E-state index in [1.807, 2.05) is 20.2 Å². The maximum Gasteiger partial charge on any atom is 0.101 e. The molecule has 1 aromatic heterocycles. The molecule has 0 saturated heterocycles. The lowest BCUT2D eigenvalue weighted by Gasteiger charge is -2.11. The van der Waals surface area contributed by atoms with E-state index < -0.39 is 0 Å². The van der Waals surface area contributed by atoms with Gasteiger partial charge in [-0.1, -0.05) is 0 Å². The summed E-state index contributed by atoms with van der Waals surface area (Å²) in [5.41, 5.74) is 1.30. The second-order valence-corrected chi connectivity index (χ2v) is 3.59. The van der Waals surface area contributed by atoms with Gasteiger partial charge in [0.2, 0.25) is 0 Å². The molecule has 0 aromatic carbocycles. The van der Waals surface area contributed by atoms with E-state index in [1.165, 1.54) is 18.4 Å². The van der Waals surface area contributed by atoms with Crippen LogP contribution in [0.5, 0.6) is 0 Å². The number of hydrogen-bond acceptors (Lipinski definition) is 2. The maximum atomic E-state index is 5.29. The summed E-state index contributed by atoms with van der Waals surface area (Å²) in [7, 11) is 2.02. The first-order valence-electron chi connectivity index (χ1n) is 4.53. The SMILES string of the molecule is CNC(c1coc(C)c1)C1CC1. The lowest BCUT2D eigenvalue weighted by atomic mass is 10.1. The Morgan fingerprint density at radius 3 is 2.75 bits per heavy atom. The summed E-state index contributed by atoms with van der Waals surface area (Å²) in [5, 5.41) is 3.33. The number of hydrogen-bond donors (Lipinski definition) is 1. The van der Waals surface area contributed by atoms with Gasteiger partial charge in [-0.2, -0.15) is 0 Å². The van der Waals surface area contributed by atoms with E-state index >= 15 is 0 Å².